The van der Waals surface area contributed by atoms with E-state index in [-0.39, 0.29) is 17.7 Å². The monoisotopic (exact) mass is 329 g/mol. The number of rotatable bonds is 5. The second-order valence-corrected chi connectivity index (χ2v) is 5.64. The van der Waals surface area contributed by atoms with E-state index in [1.807, 2.05) is 0 Å². The number of benzene rings is 2. The van der Waals surface area contributed by atoms with Gasteiger partial charge in [-0.25, -0.2) is 8.78 Å². The first-order valence-corrected chi connectivity index (χ1v) is 7.31. The molecule has 0 aliphatic heterocycles. The summed E-state index contributed by atoms with van der Waals surface area (Å²) in [6.45, 7) is 0. The molecule has 1 N–H and O–H groups in total. The first kappa shape index (κ1) is 16.2. The first-order chi connectivity index (χ1) is 10.0. The van der Waals surface area contributed by atoms with Gasteiger partial charge in [0.25, 0.3) is 0 Å². The standard InChI is InChI=1S/C16H15Cl2F2N/c1-21-12(8-10-7-11(19)5-6-14(10)17)9-13-15(18)3-2-4-16(13)20/h2-7,12,21H,8-9H2,1H3. The van der Waals surface area contributed by atoms with Crippen molar-refractivity contribution >= 4 is 23.2 Å². The summed E-state index contributed by atoms with van der Waals surface area (Å²) in [5.41, 5.74) is 1.13. The van der Waals surface area contributed by atoms with Crippen molar-refractivity contribution in [2.75, 3.05) is 7.05 Å². The van der Waals surface area contributed by atoms with Gasteiger partial charge in [-0.2, -0.15) is 0 Å². The Kier molecular flexibility index (Phi) is 5.57. The third kappa shape index (κ3) is 4.16. The Morgan fingerprint density at radius 2 is 1.81 bits per heavy atom. The molecule has 0 heterocycles. The van der Waals surface area contributed by atoms with E-state index in [2.05, 4.69) is 5.32 Å². The largest absolute Gasteiger partial charge is 0.316 e. The number of halogens is 4. The van der Waals surface area contributed by atoms with E-state index in [0.29, 0.717) is 34.0 Å². The minimum Gasteiger partial charge on any atom is -0.316 e. The molecule has 0 aromatic heterocycles. The van der Waals surface area contributed by atoms with E-state index in [1.54, 1.807) is 19.2 Å². The summed E-state index contributed by atoms with van der Waals surface area (Å²) in [6, 6.07) is 8.74. The van der Waals surface area contributed by atoms with Crippen LogP contribution in [0.3, 0.4) is 0 Å². The Labute approximate surface area is 132 Å². The Bertz CT molecular complexity index is 611. The normalized spacial score (nSPS) is 12.4. The van der Waals surface area contributed by atoms with Crippen LogP contribution in [-0.2, 0) is 12.8 Å². The molecule has 0 amide bonds. The van der Waals surface area contributed by atoms with Crippen LogP contribution >= 0.6 is 23.2 Å². The van der Waals surface area contributed by atoms with Gasteiger partial charge in [0, 0.05) is 21.7 Å². The Morgan fingerprint density at radius 3 is 2.48 bits per heavy atom. The van der Waals surface area contributed by atoms with Crippen molar-refractivity contribution in [3.63, 3.8) is 0 Å². The molecular weight excluding hydrogens is 315 g/mol. The van der Waals surface area contributed by atoms with Crippen molar-refractivity contribution in [3.05, 3.63) is 69.2 Å². The van der Waals surface area contributed by atoms with Crippen LogP contribution in [0.4, 0.5) is 8.78 Å². The van der Waals surface area contributed by atoms with Crippen LogP contribution in [0.25, 0.3) is 0 Å². The summed E-state index contributed by atoms with van der Waals surface area (Å²) < 4.78 is 27.1. The fourth-order valence-corrected chi connectivity index (χ4v) is 2.65. The molecule has 0 aliphatic carbocycles. The summed E-state index contributed by atoms with van der Waals surface area (Å²) >= 11 is 12.1. The minimum absolute atomic E-state index is 0.0984. The SMILES string of the molecule is CNC(Cc1cc(F)ccc1Cl)Cc1c(F)cccc1Cl. The molecule has 0 bridgehead atoms. The average Bonchev–Trinajstić information content (AvgIpc) is 2.45. The lowest BCUT2D eigenvalue weighted by molar-refractivity contribution is 0.530. The third-order valence-electron chi connectivity index (χ3n) is 3.39. The fraction of sp³-hybridized carbons (Fsp3) is 0.250. The molecule has 0 saturated heterocycles. The molecule has 1 unspecified atom stereocenters. The molecule has 1 nitrogen and oxygen atoms in total. The predicted molar refractivity (Wildman–Crippen MR) is 83.1 cm³/mol. The van der Waals surface area contributed by atoms with E-state index in [4.69, 9.17) is 23.2 Å². The van der Waals surface area contributed by atoms with Gasteiger partial charge in [0.1, 0.15) is 11.6 Å². The van der Waals surface area contributed by atoms with Crippen LogP contribution in [0.15, 0.2) is 36.4 Å². The van der Waals surface area contributed by atoms with Crippen LogP contribution in [0.1, 0.15) is 11.1 Å². The molecule has 0 radical (unpaired) electrons. The van der Waals surface area contributed by atoms with Gasteiger partial charge >= 0.3 is 0 Å². The van der Waals surface area contributed by atoms with Gasteiger partial charge in [-0.15, -0.1) is 0 Å². The first-order valence-electron chi connectivity index (χ1n) is 6.55. The topological polar surface area (TPSA) is 12.0 Å². The van der Waals surface area contributed by atoms with Gasteiger partial charge in [-0.3, -0.25) is 0 Å². The lowest BCUT2D eigenvalue weighted by atomic mass is 9.98. The molecule has 2 rings (SSSR count). The van der Waals surface area contributed by atoms with Gasteiger partial charge in [0.15, 0.2) is 0 Å². The molecule has 21 heavy (non-hydrogen) atoms. The van der Waals surface area contributed by atoms with Gasteiger partial charge in [0.2, 0.25) is 0 Å². The number of hydrogen-bond acceptors (Lipinski definition) is 1. The summed E-state index contributed by atoms with van der Waals surface area (Å²) in [7, 11) is 1.77. The van der Waals surface area contributed by atoms with Crippen LogP contribution in [-0.4, -0.2) is 13.1 Å². The molecule has 0 spiro atoms. The lowest BCUT2D eigenvalue weighted by Crippen LogP contribution is -2.30. The van der Waals surface area contributed by atoms with Gasteiger partial charge in [0.05, 0.1) is 0 Å². The highest BCUT2D eigenvalue weighted by Crippen LogP contribution is 2.23. The zero-order valence-corrected chi connectivity index (χ0v) is 13.0. The van der Waals surface area contributed by atoms with E-state index in [9.17, 15) is 8.78 Å². The molecule has 1 atom stereocenters. The van der Waals surface area contributed by atoms with Gasteiger partial charge in [-0.1, -0.05) is 29.3 Å². The second-order valence-electron chi connectivity index (χ2n) is 4.83. The summed E-state index contributed by atoms with van der Waals surface area (Å²) in [5.74, 6) is -0.679. The molecule has 0 aliphatic rings. The maximum atomic E-state index is 13.8. The summed E-state index contributed by atoms with van der Waals surface area (Å²) in [4.78, 5) is 0. The van der Waals surface area contributed by atoms with E-state index >= 15 is 0 Å². The van der Waals surface area contributed by atoms with Crippen molar-refractivity contribution < 1.29 is 8.78 Å². The maximum Gasteiger partial charge on any atom is 0.127 e. The van der Waals surface area contributed by atoms with Crippen molar-refractivity contribution in [3.8, 4) is 0 Å². The molecule has 2 aromatic carbocycles. The zero-order valence-electron chi connectivity index (χ0n) is 11.5. The maximum absolute atomic E-state index is 13.8. The molecule has 0 saturated carbocycles. The molecular formula is C16H15Cl2F2N. The van der Waals surface area contributed by atoms with Crippen LogP contribution in [0.5, 0.6) is 0 Å². The van der Waals surface area contributed by atoms with E-state index < -0.39 is 0 Å². The molecule has 5 heteroatoms. The van der Waals surface area contributed by atoms with E-state index in [0.717, 1.165) is 0 Å². The number of nitrogens with one attached hydrogen (secondary N) is 1. The molecule has 2 aromatic rings. The van der Waals surface area contributed by atoms with Crippen molar-refractivity contribution in [2.24, 2.45) is 0 Å². The molecule has 0 fully saturated rings. The Morgan fingerprint density at radius 1 is 1.05 bits per heavy atom. The predicted octanol–water partition coefficient (Wildman–Crippen LogP) is 4.64. The molecule has 112 valence electrons. The Balaban J connectivity index is 2.19. The van der Waals surface area contributed by atoms with Crippen molar-refractivity contribution in [1.82, 2.24) is 5.32 Å². The van der Waals surface area contributed by atoms with E-state index in [1.165, 1.54) is 24.3 Å². The van der Waals surface area contributed by atoms with Crippen molar-refractivity contribution in [2.45, 2.75) is 18.9 Å². The third-order valence-corrected chi connectivity index (χ3v) is 4.12. The zero-order chi connectivity index (χ0) is 15.4. The number of hydrogen-bond donors (Lipinski definition) is 1. The van der Waals surface area contributed by atoms with Crippen LogP contribution in [0, 0.1) is 11.6 Å². The van der Waals surface area contributed by atoms with Crippen molar-refractivity contribution in [1.29, 1.82) is 0 Å². The Hall–Kier alpha value is -1.16. The fourth-order valence-electron chi connectivity index (χ4n) is 2.22. The summed E-state index contributed by atoms with van der Waals surface area (Å²) in [5, 5.41) is 3.98. The minimum atomic E-state index is -0.340. The summed E-state index contributed by atoms with van der Waals surface area (Å²) in [6.07, 6.45) is 0.882. The lowest BCUT2D eigenvalue weighted by Gasteiger charge is -2.18. The quantitative estimate of drug-likeness (QED) is 0.842. The second kappa shape index (κ2) is 7.21. The smallest absolute Gasteiger partial charge is 0.127 e. The average molecular weight is 330 g/mol. The highest BCUT2D eigenvalue weighted by Gasteiger charge is 2.15. The van der Waals surface area contributed by atoms with Gasteiger partial charge in [-0.05, 0) is 55.8 Å². The van der Waals surface area contributed by atoms with Crippen LogP contribution < -0.4 is 5.32 Å². The highest BCUT2D eigenvalue weighted by atomic mass is 35.5. The van der Waals surface area contributed by atoms with Crippen LogP contribution in [0.2, 0.25) is 10.0 Å². The van der Waals surface area contributed by atoms with Gasteiger partial charge < -0.3 is 5.32 Å². The highest BCUT2D eigenvalue weighted by molar-refractivity contribution is 6.31. The number of likely N-dealkylation sites (N-methyl/N-ethyl adjacent to an activating group) is 1.